The zero-order valence-electron chi connectivity index (χ0n) is 8.90. The Hall–Kier alpha value is -0.900. The first-order valence-corrected chi connectivity index (χ1v) is 5.32. The molecule has 0 aromatic carbocycles. The Kier molecular flexibility index (Phi) is 2.82. The molecule has 1 aromatic rings. The molecule has 0 bridgehead atoms. The fourth-order valence-electron chi connectivity index (χ4n) is 2.42. The molecule has 4 heteroatoms. The van der Waals surface area contributed by atoms with Crippen LogP contribution in [-0.2, 0) is 13.5 Å². The van der Waals surface area contributed by atoms with Crippen molar-refractivity contribution >= 4 is 0 Å². The van der Waals surface area contributed by atoms with Crippen molar-refractivity contribution in [2.75, 3.05) is 7.05 Å². The molecule has 2 rings (SSSR count). The third kappa shape index (κ3) is 1.95. The molecule has 2 atom stereocenters. The first kappa shape index (κ1) is 9.65. The average molecular weight is 194 g/mol. The first-order chi connectivity index (χ1) is 6.79. The Labute approximate surface area is 84.7 Å². The summed E-state index contributed by atoms with van der Waals surface area (Å²) in [6, 6.07) is 0.678. The number of rotatable bonds is 3. The van der Waals surface area contributed by atoms with E-state index in [2.05, 4.69) is 22.7 Å². The molecule has 1 heterocycles. The monoisotopic (exact) mass is 194 g/mol. The second kappa shape index (κ2) is 4.09. The fourth-order valence-corrected chi connectivity index (χ4v) is 2.42. The molecular weight excluding hydrogens is 176 g/mol. The van der Waals surface area contributed by atoms with Gasteiger partial charge in [-0.3, -0.25) is 4.68 Å². The highest BCUT2D eigenvalue weighted by atomic mass is 15.4. The molecule has 0 saturated heterocycles. The number of aryl methyl sites for hydroxylation is 1. The van der Waals surface area contributed by atoms with Gasteiger partial charge in [-0.2, -0.15) is 0 Å². The Bertz CT molecular complexity index is 294. The van der Waals surface area contributed by atoms with E-state index >= 15 is 0 Å². The summed E-state index contributed by atoms with van der Waals surface area (Å²) in [4.78, 5) is 0. The minimum absolute atomic E-state index is 0.678. The van der Waals surface area contributed by atoms with Gasteiger partial charge in [-0.05, 0) is 32.2 Å². The van der Waals surface area contributed by atoms with Crippen LogP contribution in [0.25, 0.3) is 0 Å². The summed E-state index contributed by atoms with van der Waals surface area (Å²) in [6.07, 6.45) is 7.06. The highest BCUT2D eigenvalue weighted by Crippen LogP contribution is 2.27. The lowest BCUT2D eigenvalue weighted by atomic mass is 9.98. The summed E-state index contributed by atoms with van der Waals surface area (Å²) >= 11 is 0. The molecule has 1 saturated carbocycles. The van der Waals surface area contributed by atoms with Gasteiger partial charge in [-0.25, -0.2) is 0 Å². The summed E-state index contributed by atoms with van der Waals surface area (Å²) in [6.45, 7) is 0. The summed E-state index contributed by atoms with van der Waals surface area (Å²) < 4.78 is 1.78. The smallest absolute Gasteiger partial charge is 0.0830 e. The molecule has 14 heavy (non-hydrogen) atoms. The van der Waals surface area contributed by atoms with E-state index in [-0.39, 0.29) is 0 Å². The highest BCUT2D eigenvalue weighted by Gasteiger charge is 2.26. The van der Waals surface area contributed by atoms with Crippen LogP contribution in [-0.4, -0.2) is 28.1 Å². The average Bonchev–Trinajstić information content (AvgIpc) is 2.76. The Morgan fingerprint density at radius 3 is 3.07 bits per heavy atom. The van der Waals surface area contributed by atoms with Crippen molar-refractivity contribution in [1.82, 2.24) is 20.3 Å². The van der Waals surface area contributed by atoms with Crippen molar-refractivity contribution in [2.45, 2.75) is 31.7 Å². The molecule has 0 radical (unpaired) electrons. The number of nitrogens with one attached hydrogen (secondary N) is 1. The first-order valence-electron chi connectivity index (χ1n) is 5.32. The predicted molar refractivity (Wildman–Crippen MR) is 54.9 cm³/mol. The lowest BCUT2D eigenvalue weighted by molar-refractivity contribution is 0.420. The van der Waals surface area contributed by atoms with Gasteiger partial charge in [0, 0.05) is 19.3 Å². The van der Waals surface area contributed by atoms with Crippen molar-refractivity contribution in [3.05, 3.63) is 11.9 Å². The second-order valence-corrected chi connectivity index (χ2v) is 4.17. The molecule has 1 aliphatic carbocycles. The number of hydrogen-bond donors (Lipinski definition) is 1. The minimum Gasteiger partial charge on any atom is -0.317 e. The number of aromatic nitrogens is 3. The summed E-state index contributed by atoms with van der Waals surface area (Å²) in [7, 11) is 3.97. The normalized spacial score (nSPS) is 27.0. The van der Waals surface area contributed by atoms with Crippen LogP contribution in [0.4, 0.5) is 0 Å². The third-order valence-electron chi connectivity index (χ3n) is 3.15. The van der Waals surface area contributed by atoms with Crippen LogP contribution >= 0.6 is 0 Å². The van der Waals surface area contributed by atoms with Gasteiger partial charge in [0.15, 0.2) is 0 Å². The molecule has 2 unspecified atom stereocenters. The van der Waals surface area contributed by atoms with Crippen LogP contribution in [0, 0.1) is 5.92 Å². The van der Waals surface area contributed by atoms with Gasteiger partial charge in [0.2, 0.25) is 0 Å². The van der Waals surface area contributed by atoms with Crippen molar-refractivity contribution < 1.29 is 0 Å². The second-order valence-electron chi connectivity index (χ2n) is 4.17. The molecule has 1 N–H and O–H groups in total. The molecule has 4 nitrogen and oxygen atoms in total. The lowest BCUT2D eigenvalue weighted by Gasteiger charge is -2.17. The van der Waals surface area contributed by atoms with Crippen LogP contribution in [0.5, 0.6) is 0 Å². The Balaban J connectivity index is 1.96. The van der Waals surface area contributed by atoms with E-state index in [0.29, 0.717) is 6.04 Å². The number of hydrogen-bond acceptors (Lipinski definition) is 3. The minimum atomic E-state index is 0.678. The quantitative estimate of drug-likeness (QED) is 0.772. The Morgan fingerprint density at radius 1 is 1.57 bits per heavy atom. The van der Waals surface area contributed by atoms with Crippen molar-refractivity contribution in [2.24, 2.45) is 13.0 Å². The maximum absolute atomic E-state index is 4.13. The maximum atomic E-state index is 4.13. The number of nitrogens with zero attached hydrogens (tertiary/aromatic N) is 3. The standard InChI is InChI=1S/C10H18N4/c1-11-10-5-3-4-8(10)6-9-7-14(2)13-12-9/h7-8,10-11H,3-6H2,1-2H3. The predicted octanol–water partition coefficient (Wildman–Crippen LogP) is 0.746. The molecule has 0 amide bonds. The van der Waals surface area contributed by atoms with Crippen LogP contribution in [0.2, 0.25) is 0 Å². The van der Waals surface area contributed by atoms with E-state index in [1.807, 2.05) is 13.2 Å². The van der Waals surface area contributed by atoms with Gasteiger partial charge in [-0.1, -0.05) is 11.6 Å². The highest BCUT2D eigenvalue weighted by molar-refractivity contribution is 4.97. The van der Waals surface area contributed by atoms with Crippen LogP contribution in [0.15, 0.2) is 6.20 Å². The van der Waals surface area contributed by atoms with Gasteiger partial charge >= 0.3 is 0 Å². The lowest BCUT2D eigenvalue weighted by Crippen LogP contribution is -2.30. The SMILES string of the molecule is CNC1CCCC1Cc1cn(C)nn1. The molecule has 1 aliphatic rings. The van der Waals surface area contributed by atoms with E-state index in [1.54, 1.807) is 4.68 Å². The van der Waals surface area contributed by atoms with Gasteiger partial charge in [-0.15, -0.1) is 5.10 Å². The van der Waals surface area contributed by atoms with Crippen LogP contribution in [0.3, 0.4) is 0 Å². The fraction of sp³-hybridized carbons (Fsp3) is 0.800. The summed E-state index contributed by atoms with van der Waals surface area (Å²) in [5, 5.41) is 11.5. The van der Waals surface area contributed by atoms with Crippen molar-refractivity contribution in [1.29, 1.82) is 0 Å². The van der Waals surface area contributed by atoms with Crippen molar-refractivity contribution in [3.8, 4) is 0 Å². The molecule has 0 spiro atoms. The molecule has 0 aliphatic heterocycles. The van der Waals surface area contributed by atoms with Gasteiger partial charge in [0.25, 0.3) is 0 Å². The van der Waals surface area contributed by atoms with Gasteiger partial charge in [0.05, 0.1) is 5.69 Å². The molecule has 1 aromatic heterocycles. The molecular formula is C10H18N4. The third-order valence-corrected chi connectivity index (χ3v) is 3.15. The molecule has 1 fully saturated rings. The van der Waals surface area contributed by atoms with E-state index in [4.69, 9.17) is 0 Å². The van der Waals surface area contributed by atoms with E-state index in [9.17, 15) is 0 Å². The summed E-state index contributed by atoms with van der Waals surface area (Å²) in [5.41, 5.74) is 1.12. The largest absolute Gasteiger partial charge is 0.317 e. The van der Waals surface area contributed by atoms with E-state index in [0.717, 1.165) is 18.0 Å². The molecule has 78 valence electrons. The van der Waals surface area contributed by atoms with Crippen molar-refractivity contribution in [3.63, 3.8) is 0 Å². The van der Waals surface area contributed by atoms with Gasteiger partial charge < -0.3 is 5.32 Å². The van der Waals surface area contributed by atoms with Crippen LogP contribution in [0.1, 0.15) is 25.0 Å². The van der Waals surface area contributed by atoms with Crippen LogP contribution < -0.4 is 5.32 Å². The topological polar surface area (TPSA) is 42.7 Å². The van der Waals surface area contributed by atoms with E-state index in [1.165, 1.54) is 19.3 Å². The van der Waals surface area contributed by atoms with E-state index < -0.39 is 0 Å². The maximum Gasteiger partial charge on any atom is 0.0830 e. The van der Waals surface area contributed by atoms with Gasteiger partial charge in [0.1, 0.15) is 0 Å². The Morgan fingerprint density at radius 2 is 2.43 bits per heavy atom. The zero-order valence-corrected chi connectivity index (χ0v) is 8.90. The summed E-state index contributed by atoms with van der Waals surface area (Å²) in [5.74, 6) is 0.747. The zero-order chi connectivity index (χ0) is 9.97.